The van der Waals surface area contributed by atoms with Crippen molar-refractivity contribution in [2.45, 2.75) is 19.1 Å². The van der Waals surface area contributed by atoms with Crippen LogP contribution in [0.4, 0.5) is 18.9 Å². The average molecular weight is 460 g/mol. The number of halogens is 3. The number of hydrogen-bond donors (Lipinski definition) is 0. The summed E-state index contributed by atoms with van der Waals surface area (Å²) in [7, 11) is 1.59. The first-order chi connectivity index (χ1) is 15.7. The van der Waals surface area contributed by atoms with Crippen molar-refractivity contribution in [1.82, 2.24) is 14.5 Å². The number of amides is 1. The van der Waals surface area contributed by atoms with Crippen LogP contribution in [0.15, 0.2) is 53.3 Å². The number of piperazine rings is 1. The number of ether oxygens (including phenoxy) is 1. The number of para-hydroxylation sites is 2. The highest BCUT2D eigenvalue weighted by molar-refractivity contribution is 5.83. The summed E-state index contributed by atoms with van der Waals surface area (Å²) in [6.07, 6.45) is -4.92. The Morgan fingerprint density at radius 2 is 1.76 bits per heavy atom. The maximum Gasteiger partial charge on any atom is 0.438 e. The van der Waals surface area contributed by atoms with Gasteiger partial charge in [0.15, 0.2) is 0 Å². The fourth-order valence-electron chi connectivity index (χ4n) is 4.09. The van der Waals surface area contributed by atoms with Crippen molar-refractivity contribution in [2.24, 2.45) is 0 Å². The molecular weight excluding hydrogens is 437 g/mol. The zero-order valence-corrected chi connectivity index (χ0v) is 18.2. The van der Waals surface area contributed by atoms with Gasteiger partial charge in [0.05, 0.1) is 18.1 Å². The zero-order chi connectivity index (χ0) is 23.8. The van der Waals surface area contributed by atoms with E-state index >= 15 is 0 Å². The van der Waals surface area contributed by atoms with Gasteiger partial charge < -0.3 is 14.5 Å². The lowest BCUT2D eigenvalue weighted by Crippen LogP contribution is -2.51. The number of hydrogen-bond acceptors (Lipinski definition) is 5. The van der Waals surface area contributed by atoms with Gasteiger partial charge in [-0.1, -0.05) is 18.2 Å². The van der Waals surface area contributed by atoms with Crippen LogP contribution in [0.25, 0.3) is 11.0 Å². The summed E-state index contributed by atoms with van der Waals surface area (Å²) < 4.78 is 46.5. The van der Waals surface area contributed by atoms with Crippen LogP contribution in [0.1, 0.15) is 18.7 Å². The molecule has 174 valence electrons. The van der Waals surface area contributed by atoms with E-state index in [2.05, 4.69) is 9.88 Å². The summed E-state index contributed by atoms with van der Waals surface area (Å²) in [5.74, 6) is 0.316. The molecule has 0 spiro atoms. The lowest BCUT2D eigenvalue weighted by molar-refractivity contribution is -0.143. The minimum Gasteiger partial charge on any atom is -0.497 e. The fraction of sp³-hybridized carbons (Fsp3) is 0.348. The topological polar surface area (TPSA) is 67.7 Å². The first-order valence-electron chi connectivity index (χ1n) is 10.5. The van der Waals surface area contributed by atoms with Gasteiger partial charge in [-0.2, -0.15) is 13.2 Å². The maximum atomic E-state index is 13.4. The van der Waals surface area contributed by atoms with Crippen LogP contribution in [0, 0.1) is 0 Å². The van der Waals surface area contributed by atoms with E-state index in [9.17, 15) is 22.8 Å². The van der Waals surface area contributed by atoms with Crippen LogP contribution < -0.4 is 15.2 Å². The smallest absolute Gasteiger partial charge is 0.438 e. The van der Waals surface area contributed by atoms with Gasteiger partial charge in [-0.25, -0.2) is 4.98 Å². The quantitative estimate of drug-likeness (QED) is 0.598. The SMILES string of the molecule is COc1cccc(N2CCN(C(=O)C(C)n3c(=O)c(C(F)(F)F)nc4ccccc43)CC2)c1. The van der Waals surface area contributed by atoms with Crippen LogP contribution in [0.3, 0.4) is 0 Å². The molecule has 0 radical (unpaired) electrons. The number of anilines is 1. The molecule has 33 heavy (non-hydrogen) atoms. The second-order valence-corrected chi connectivity index (χ2v) is 7.81. The Kier molecular flexibility index (Phi) is 6.01. The number of alkyl halides is 3. The van der Waals surface area contributed by atoms with E-state index in [0.29, 0.717) is 26.2 Å². The summed E-state index contributed by atoms with van der Waals surface area (Å²) in [6, 6.07) is 12.5. The first kappa shape index (κ1) is 22.6. The molecule has 1 atom stereocenters. The average Bonchev–Trinajstić information content (AvgIpc) is 2.82. The Morgan fingerprint density at radius 3 is 2.42 bits per heavy atom. The van der Waals surface area contributed by atoms with E-state index in [1.54, 1.807) is 18.1 Å². The number of carbonyl (C=O) groups excluding carboxylic acids is 1. The number of fused-ring (bicyclic) bond motifs is 1. The normalized spacial score (nSPS) is 15.5. The van der Waals surface area contributed by atoms with Crippen LogP contribution in [-0.2, 0) is 11.0 Å². The van der Waals surface area contributed by atoms with Gasteiger partial charge in [0.25, 0.3) is 5.56 Å². The summed E-state index contributed by atoms with van der Waals surface area (Å²) in [4.78, 5) is 33.2. The third kappa shape index (κ3) is 4.37. The van der Waals surface area contributed by atoms with Gasteiger partial charge in [0.2, 0.25) is 11.6 Å². The zero-order valence-electron chi connectivity index (χ0n) is 18.2. The first-order valence-corrected chi connectivity index (χ1v) is 10.5. The molecular formula is C23H23F3N4O3. The van der Waals surface area contributed by atoms with Crippen molar-refractivity contribution in [2.75, 3.05) is 38.2 Å². The molecule has 3 aromatic rings. The second-order valence-electron chi connectivity index (χ2n) is 7.81. The molecule has 0 aliphatic carbocycles. The molecule has 1 aliphatic rings. The van der Waals surface area contributed by atoms with Crippen molar-refractivity contribution >= 4 is 22.6 Å². The highest BCUT2D eigenvalue weighted by Gasteiger charge is 2.39. The summed E-state index contributed by atoms with van der Waals surface area (Å²) in [6.45, 7) is 3.30. The molecule has 1 aromatic heterocycles. The standard InChI is InChI=1S/C23H23F3N4O3/c1-15(30-19-9-4-3-8-18(19)27-20(22(30)32)23(24,25)26)21(31)29-12-10-28(11-13-29)16-6-5-7-17(14-16)33-2/h3-9,14-15H,10-13H2,1-2H3. The maximum absolute atomic E-state index is 13.4. The van der Waals surface area contributed by atoms with Crippen molar-refractivity contribution in [3.63, 3.8) is 0 Å². The number of benzene rings is 2. The summed E-state index contributed by atoms with van der Waals surface area (Å²) in [5.41, 5.74) is -1.69. The number of rotatable bonds is 4. The molecule has 0 N–H and O–H groups in total. The van der Waals surface area contributed by atoms with E-state index < -0.39 is 29.4 Å². The number of carbonyl (C=O) groups is 1. The lowest BCUT2D eigenvalue weighted by atomic mass is 10.2. The molecule has 1 aliphatic heterocycles. The summed E-state index contributed by atoms with van der Waals surface area (Å²) >= 11 is 0. The second kappa shape index (κ2) is 8.76. The third-order valence-corrected chi connectivity index (χ3v) is 5.82. The van der Waals surface area contributed by atoms with Crippen molar-refractivity contribution in [3.8, 4) is 5.75 Å². The van der Waals surface area contributed by atoms with E-state index in [-0.39, 0.29) is 11.0 Å². The Balaban J connectivity index is 1.59. The predicted molar refractivity (Wildman–Crippen MR) is 118 cm³/mol. The molecule has 1 unspecified atom stereocenters. The van der Waals surface area contributed by atoms with Crippen molar-refractivity contribution in [1.29, 1.82) is 0 Å². The monoisotopic (exact) mass is 460 g/mol. The number of nitrogens with zero attached hydrogens (tertiary/aromatic N) is 4. The largest absolute Gasteiger partial charge is 0.497 e. The Bertz CT molecular complexity index is 1230. The third-order valence-electron chi connectivity index (χ3n) is 5.82. The van der Waals surface area contributed by atoms with Gasteiger partial charge in [-0.15, -0.1) is 0 Å². The fourth-order valence-corrected chi connectivity index (χ4v) is 4.09. The minimum absolute atomic E-state index is 0.00641. The van der Waals surface area contributed by atoms with E-state index in [1.165, 1.54) is 25.1 Å². The Labute approximate surface area is 188 Å². The highest BCUT2D eigenvalue weighted by atomic mass is 19.4. The van der Waals surface area contributed by atoms with Gasteiger partial charge >= 0.3 is 6.18 Å². The van der Waals surface area contributed by atoms with Crippen LogP contribution in [-0.4, -0.2) is 53.6 Å². The molecule has 0 saturated carbocycles. The Hall–Kier alpha value is -3.56. The van der Waals surface area contributed by atoms with Gasteiger partial charge in [0, 0.05) is 37.9 Å². The summed E-state index contributed by atoms with van der Waals surface area (Å²) in [5, 5.41) is 0. The molecule has 4 rings (SSSR count). The van der Waals surface area contributed by atoms with E-state index in [4.69, 9.17) is 4.74 Å². The van der Waals surface area contributed by atoms with E-state index in [1.807, 2.05) is 24.3 Å². The van der Waals surface area contributed by atoms with Gasteiger partial charge in [-0.3, -0.25) is 14.2 Å². The molecule has 10 heteroatoms. The molecule has 0 bridgehead atoms. The number of methoxy groups -OCH3 is 1. The molecule has 1 fully saturated rings. The Morgan fingerprint density at radius 1 is 1.06 bits per heavy atom. The van der Waals surface area contributed by atoms with E-state index in [0.717, 1.165) is 16.0 Å². The van der Waals surface area contributed by atoms with Crippen LogP contribution in [0.2, 0.25) is 0 Å². The van der Waals surface area contributed by atoms with Gasteiger partial charge in [0.1, 0.15) is 11.8 Å². The van der Waals surface area contributed by atoms with Crippen LogP contribution in [0.5, 0.6) is 5.75 Å². The lowest BCUT2D eigenvalue weighted by Gasteiger charge is -2.37. The van der Waals surface area contributed by atoms with Crippen molar-refractivity contribution in [3.05, 3.63) is 64.6 Å². The number of aromatic nitrogens is 2. The highest BCUT2D eigenvalue weighted by Crippen LogP contribution is 2.28. The molecule has 2 aromatic carbocycles. The molecule has 7 nitrogen and oxygen atoms in total. The van der Waals surface area contributed by atoms with Gasteiger partial charge in [-0.05, 0) is 31.2 Å². The molecule has 2 heterocycles. The van der Waals surface area contributed by atoms with Crippen molar-refractivity contribution < 1.29 is 22.7 Å². The molecule has 1 saturated heterocycles. The predicted octanol–water partition coefficient (Wildman–Crippen LogP) is 3.33. The van der Waals surface area contributed by atoms with Crippen LogP contribution >= 0.6 is 0 Å². The minimum atomic E-state index is -4.92. The molecule has 1 amide bonds.